The minimum absolute atomic E-state index is 0.726. The molecule has 1 nitrogen and oxygen atoms in total. The van der Waals surface area contributed by atoms with Crippen LogP contribution < -0.4 is 5.32 Å². The standard InChI is InChI=1S/C13H18BrN/c1-15-13-7-3-5-11(13)8-10-4-2-6-12(14)9-10/h2,4,6,9,11,13,15H,3,5,7-8H2,1H3. The Morgan fingerprint density at radius 1 is 1.40 bits per heavy atom. The summed E-state index contributed by atoms with van der Waals surface area (Å²) in [5.74, 6) is 0.823. The van der Waals surface area contributed by atoms with Gasteiger partial charge in [-0.25, -0.2) is 0 Å². The monoisotopic (exact) mass is 267 g/mol. The van der Waals surface area contributed by atoms with E-state index in [0.717, 1.165) is 12.0 Å². The van der Waals surface area contributed by atoms with Crippen molar-refractivity contribution in [3.63, 3.8) is 0 Å². The zero-order valence-electron chi connectivity index (χ0n) is 9.17. The van der Waals surface area contributed by atoms with E-state index in [2.05, 4.69) is 52.6 Å². The number of hydrogen-bond acceptors (Lipinski definition) is 1. The van der Waals surface area contributed by atoms with Gasteiger partial charge >= 0.3 is 0 Å². The van der Waals surface area contributed by atoms with Crippen molar-refractivity contribution in [1.82, 2.24) is 5.32 Å². The highest BCUT2D eigenvalue weighted by atomic mass is 79.9. The van der Waals surface area contributed by atoms with Gasteiger partial charge in [0.05, 0.1) is 0 Å². The van der Waals surface area contributed by atoms with Gasteiger partial charge in [0.15, 0.2) is 0 Å². The van der Waals surface area contributed by atoms with E-state index in [4.69, 9.17) is 0 Å². The van der Waals surface area contributed by atoms with Gasteiger partial charge in [0.2, 0.25) is 0 Å². The third-order valence-electron chi connectivity index (χ3n) is 3.42. The van der Waals surface area contributed by atoms with Crippen molar-refractivity contribution < 1.29 is 0 Å². The highest BCUT2D eigenvalue weighted by molar-refractivity contribution is 9.10. The number of hydrogen-bond donors (Lipinski definition) is 1. The van der Waals surface area contributed by atoms with Crippen LogP contribution in [0, 0.1) is 5.92 Å². The Balaban J connectivity index is 2.02. The summed E-state index contributed by atoms with van der Waals surface area (Å²) in [7, 11) is 2.09. The van der Waals surface area contributed by atoms with Crippen LogP contribution in [-0.4, -0.2) is 13.1 Å². The fraction of sp³-hybridized carbons (Fsp3) is 0.538. The van der Waals surface area contributed by atoms with Crippen molar-refractivity contribution in [3.05, 3.63) is 34.3 Å². The summed E-state index contributed by atoms with van der Waals surface area (Å²) in [6, 6.07) is 9.42. The van der Waals surface area contributed by atoms with Gasteiger partial charge in [-0.15, -0.1) is 0 Å². The van der Waals surface area contributed by atoms with Gasteiger partial charge in [-0.3, -0.25) is 0 Å². The van der Waals surface area contributed by atoms with Crippen molar-refractivity contribution in [3.8, 4) is 0 Å². The van der Waals surface area contributed by atoms with E-state index in [1.54, 1.807) is 0 Å². The Bertz CT molecular complexity index is 324. The zero-order valence-corrected chi connectivity index (χ0v) is 10.8. The average molecular weight is 268 g/mol. The maximum absolute atomic E-state index is 3.53. The van der Waals surface area contributed by atoms with Crippen LogP contribution in [0.1, 0.15) is 24.8 Å². The molecule has 2 rings (SSSR count). The van der Waals surface area contributed by atoms with E-state index in [-0.39, 0.29) is 0 Å². The van der Waals surface area contributed by atoms with E-state index in [1.165, 1.54) is 35.7 Å². The first-order valence-electron chi connectivity index (χ1n) is 5.71. The van der Waals surface area contributed by atoms with Crippen LogP contribution in [-0.2, 0) is 6.42 Å². The normalized spacial score (nSPS) is 25.7. The molecule has 0 heterocycles. The minimum Gasteiger partial charge on any atom is -0.317 e. The largest absolute Gasteiger partial charge is 0.317 e. The summed E-state index contributed by atoms with van der Waals surface area (Å²) >= 11 is 3.53. The summed E-state index contributed by atoms with van der Waals surface area (Å²) in [5.41, 5.74) is 1.46. The molecule has 15 heavy (non-hydrogen) atoms. The Kier molecular flexibility index (Phi) is 3.81. The summed E-state index contributed by atoms with van der Waals surface area (Å²) in [6.45, 7) is 0. The maximum atomic E-state index is 3.53. The highest BCUT2D eigenvalue weighted by Crippen LogP contribution is 2.29. The SMILES string of the molecule is CNC1CCCC1Cc1cccc(Br)c1. The fourth-order valence-electron chi connectivity index (χ4n) is 2.63. The molecule has 1 aromatic carbocycles. The summed E-state index contributed by atoms with van der Waals surface area (Å²) in [4.78, 5) is 0. The van der Waals surface area contributed by atoms with Gasteiger partial charge in [0.1, 0.15) is 0 Å². The summed E-state index contributed by atoms with van der Waals surface area (Å²) < 4.78 is 1.19. The molecule has 0 aromatic heterocycles. The van der Waals surface area contributed by atoms with Gasteiger partial charge in [-0.2, -0.15) is 0 Å². The fourth-order valence-corrected chi connectivity index (χ4v) is 3.07. The molecule has 1 aliphatic carbocycles. The van der Waals surface area contributed by atoms with Crippen molar-refractivity contribution in [2.24, 2.45) is 5.92 Å². The molecule has 1 saturated carbocycles. The smallest absolute Gasteiger partial charge is 0.0177 e. The quantitative estimate of drug-likeness (QED) is 0.886. The molecule has 0 spiro atoms. The van der Waals surface area contributed by atoms with E-state index < -0.39 is 0 Å². The van der Waals surface area contributed by atoms with Crippen LogP contribution in [0.25, 0.3) is 0 Å². The molecule has 2 atom stereocenters. The van der Waals surface area contributed by atoms with Gasteiger partial charge in [0, 0.05) is 10.5 Å². The van der Waals surface area contributed by atoms with Crippen LogP contribution in [0.15, 0.2) is 28.7 Å². The second kappa shape index (κ2) is 5.13. The van der Waals surface area contributed by atoms with Crippen molar-refractivity contribution in [1.29, 1.82) is 0 Å². The molecule has 1 N–H and O–H groups in total. The molecule has 1 aliphatic rings. The van der Waals surface area contributed by atoms with Crippen LogP contribution in [0.3, 0.4) is 0 Å². The predicted molar refractivity (Wildman–Crippen MR) is 68.0 cm³/mol. The third kappa shape index (κ3) is 2.82. The lowest BCUT2D eigenvalue weighted by molar-refractivity contribution is 0.423. The van der Waals surface area contributed by atoms with E-state index in [1.807, 2.05) is 0 Å². The average Bonchev–Trinajstić information content (AvgIpc) is 2.65. The second-order valence-electron chi connectivity index (χ2n) is 4.42. The molecule has 0 aliphatic heterocycles. The minimum atomic E-state index is 0.726. The van der Waals surface area contributed by atoms with Gasteiger partial charge in [-0.1, -0.05) is 34.5 Å². The number of nitrogens with one attached hydrogen (secondary N) is 1. The predicted octanol–water partition coefficient (Wildman–Crippen LogP) is 3.38. The molecule has 82 valence electrons. The maximum Gasteiger partial charge on any atom is 0.0177 e. The first kappa shape index (κ1) is 11.2. The molecule has 0 radical (unpaired) electrons. The van der Waals surface area contributed by atoms with Crippen LogP contribution in [0.5, 0.6) is 0 Å². The van der Waals surface area contributed by atoms with Crippen molar-refractivity contribution in [2.45, 2.75) is 31.7 Å². The second-order valence-corrected chi connectivity index (χ2v) is 5.34. The van der Waals surface area contributed by atoms with Crippen LogP contribution in [0.2, 0.25) is 0 Å². The Morgan fingerprint density at radius 2 is 2.27 bits per heavy atom. The number of benzene rings is 1. The molecule has 1 fully saturated rings. The lowest BCUT2D eigenvalue weighted by atomic mass is 9.95. The van der Waals surface area contributed by atoms with Crippen LogP contribution >= 0.6 is 15.9 Å². The van der Waals surface area contributed by atoms with Crippen molar-refractivity contribution >= 4 is 15.9 Å². The summed E-state index contributed by atoms with van der Waals surface area (Å²) in [6.07, 6.45) is 5.31. The molecule has 1 aromatic rings. The molecule has 0 amide bonds. The Hall–Kier alpha value is -0.340. The zero-order chi connectivity index (χ0) is 10.7. The van der Waals surface area contributed by atoms with Gasteiger partial charge in [-0.05, 0) is 49.9 Å². The van der Waals surface area contributed by atoms with Crippen LogP contribution in [0.4, 0.5) is 0 Å². The van der Waals surface area contributed by atoms with E-state index in [9.17, 15) is 0 Å². The Labute approximate surface area is 100 Å². The lowest BCUT2D eigenvalue weighted by Gasteiger charge is -2.18. The van der Waals surface area contributed by atoms with Gasteiger partial charge in [0.25, 0.3) is 0 Å². The molecule has 2 heteroatoms. The first-order valence-corrected chi connectivity index (χ1v) is 6.50. The molecule has 0 saturated heterocycles. The molecular formula is C13H18BrN. The first-order chi connectivity index (χ1) is 7.29. The lowest BCUT2D eigenvalue weighted by Crippen LogP contribution is -2.30. The van der Waals surface area contributed by atoms with E-state index in [0.29, 0.717) is 0 Å². The summed E-state index contributed by atoms with van der Waals surface area (Å²) in [5, 5.41) is 3.44. The number of halogens is 1. The topological polar surface area (TPSA) is 12.0 Å². The molecule has 0 bridgehead atoms. The van der Waals surface area contributed by atoms with Crippen molar-refractivity contribution in [2.75, 3.05) is 7.05 Å². The van der Waals surface area contributed by atoms with E-state index >= 15 is 0 Å². The molecular weight excluding hydrogens is 250 g/mol. The molecule has 2 unspecified atom stereocenters. The highest BCUT2D eigenvalue weighted by Gasteiger charge is 2.25. The number of rotatable bonds is 3. The van der Waals surface area contributed by atoms with Gasteiger partial charge < -0.3 is 5.32 Å². The third-order valence-corrected chi connectivity index (χ3v) is 3.91. The Morgan fingerprint density at radius 3 is 3.00 bits per heavy atom.